The third-order valence-corrected chi connectivity index (χ3v) is 4.25. The van der Waals surface area contributed by atoms with Gasteiger partial charge in [0.15, 0.2) is 0 Å². The second-order valence-corrected chi connectivity index (χ2v) is 6.20. The van der Waals surface area contributed by atoms with Crippen LogP contribution in [-0.4, -0.2) is 29.3 Å². The summed E-state index contributed by atoms with van der Waals surface area (Å²) in [5.41, 5.74) is 3.50. The zero-order valence-electron chi connectivity index (χ0n) is 14.4. The van der Waals surface area contributed by atoms with E-state index in [0.717, 1.165) is 23.3 Å². The summed E-state index contributed by atoms with van der Waals surface area (Å²) in [6, 6.07) is 7.89. The highest BCUT2D eigenvalue weighted by molar-refractivity contribution is 6.13. The lowest BCUT2D eigenvalue weighted by molar-refractivity contribution is 0.512. The summed E-state index contributed by atoms with van der Waals surface area (Å²) in [4.78, 5) is 4.38. The number of halogens is 3. The van der Waals surface area contributed by atoms with Crippen molar-refractivity contribution in [2.75, 3.05) is 23.9 Å². The predicted molar refractivity (Wildman–Crippen MR) is 99.4 cm³/mol. The summed E-state index contributed by atoms with van der Waals surface area (Å²) < 4.78 is 41.6. The fourth-order valence-electron chi connectivity index (χ4n) is 3.02. The van der Waals surface area contributed by atoms with Crippen molar-refractivity contribution < 1.29 is 13.2 Å². The van der Waals surface area contributed by atoms with E-state index in [1.807, 2.05) is 25.1 Å². The number of nitrogens with one attached hydrogen (secondary N) is 3. The normalized spacial score (nSPS) is 12.5. The Kier molecular flexibility index (Phi) is 4.31. The van der Waals surface area contributed by atoms with Gasteiger partial charge in [-0.3, -0.25) is 5.10 Å². The van der Waals surface area contributed by atoms with Gasteiger partial charge in [0.2, 0.25) is 0 Å². The lowest BCUT2D eigenvalue weighted by atomic mass is 10.1. The van der Waals surface area contributed by atoms with E-state index in [2.05, 4.69) is 25.8 Å². The molecular formula is C19H16F3N5. The number of H-pyrrole nitrogens is 1. The van der Waals surface area contributed by atoms with E-state index in [0.29, 0.717) is 17.1 Å². The van der Waals surface area contributed by atoms with E-state index in [-0.39, 0.29) is 23.6 Å². The minimum absolute atomic E-state index is 0.0253. The van der Waals surface area contributed by atoms with Gasteiger partial charge in [-0.1, -0.05) is 11.6 Å². The number of aromatic nitrogens is 2. The van der Waals surface area contributed by atoms with Crippen molar-refractivity contribution in [3.63, 3.8) is 0 Å². The monoisotopic (exact) mass is 371 g/mol. The average molecular weight is 371 g/mol. The second-order valence-electron chi connectivity index (χ2n) is 6.20. The number of aromatic amines is 1. The van der Waals surface area contributed by atoms with Crippen LogP contribution >= 0.6 is 0 Å². The van der Waals surface area contributed by atoms with E-state index >= 15 is 0 Å². The summed E-state index contributed by atoms with van der Waals surface area (Å²) >= 11 is 0. The lowest BCUT2D eigenvalue weighted by Gasteiger charge is -2.14. The van der Waals surface area contributed by atoms with Gasteiger partial charge in [-0.25, -0.2) is 18.2 Å². The number of benzene rings is 2. The Labute approximate surface area is 153 Å². The molecule has 0 unspecified atom stereocenters. The van der Waals surface area contributed by atoms with E-state index in [1.165, 1.54) is 6.20 Å². The third-order valence-electron chi connectivity index (χ3n) is 4.25. The Balaban J connectivity index is 1.83. The Morgan fingerprint density at radius 1 is 1.11 bits per heavy atom. The molecule has 0 saturated carbocycles. The molecule has 8 heteroatoms. The molecule has 1 aromatic heterocycles. The number of anilines is 2. The minimum atomic E-state index is -0.803. The van der Waals surface area contributed by atoms with Crippen LogP contribution in [0.4, 0.5) is 30.2 Å². The maximum atomic E-state index is 14.7. The molecule has 0 spiro atoms. The number of fused-ring (bicyclic) bond motifs is 3. The first-order valence-electron chi connectivity index (χ1n) is 8.36. The van der Waals surface area contributed by atoms with Crippen LogP contribution in [0.2, 0.25) is 0 Å². The van der Waals surface area contributed by atoms with Crippen molar-refractivity contribution in [1.82, 2.24) is 10.2 Å². The quantitative estimate of drug-likeness (QED) is 0.630. The van der Waals surface area contributed by atoms with Gasteiger partial charge in [0.05, 0.1) is 17.5 Å². The average Bonchev–Trinajstić information content (AvgIpc) is 3.03. The van der Waals surface area contributed by atoms with Crippen LogP contribution in [0.5, 0.6) is 0 Å². The van der Waals surface area contributed by atoms with Crippen LogP contribution in [0.15, 0.2) is 41.5 Å². The summed E-state index contributed by atoms with van der Waals surface area (Å²) in [5.74, 6) is -1.57. The fourth-order valence-corrected chi connectivity index (χ4v) is 3.02. The van der Waals surface area contributed by atoms with Crippen LogP contribution < -0.4 is 10.6 Å². The standard InChI is InChI=1S/C19H16F3N5/c1-10-2-3-15-12(6-10)18-16(9-24-27-18)26-19(25-15)17-13(21)7-11(8-14(17)22)23-5-4-20/h2-3,6-9,23H,4-5H2,1H3,(H,24,27)(H,25,26). The largest absolute Gasteiger partial charge is 0.382 e. The summed E-state index contributed by atoms with van der Waals surface area (Å²) in [6.45, 7) is 1.28. The smallest absolute Gasteiger partial charge is 0.144 e. The molecule has 3 aromatic rings. The first-order valence-corrected chi connectivity index (χ1v) is 8.36. The zero-order valence-corrected chi connectivity index (χ0v) is 14.4. The Hall–Kier alpha value is -3.29. The number of nitrogens with zero attached hydrogens (tertiary/aromatic N) is 2. The predicted octanol–water partition coefficient (Wildman–Crippen LogP) is 4.55. The Morgan fingerprint density at radius 3 is 2.63 bits per heavy atom. The van der Waals surface area contributed by atoms with Gasteiger partial charge >= 0.3 is 0 Å². The first kappa shape index (κ1) is 17.1. The molecular weight excluding hydrogens is 355 g/mol. The van der Waals surface area contributed by atoms with Crippen LogP contribution in [0.25, 0.3) is 11.3 Å². The molecule has 27 heavy (non-hydrogen) atoms. The lowest BCUT2D eigenvalue weighted by Crippen LogP contribution is -2.17. The van der Waals surface area contributed by atoms with Crippen molar-refractivity contribution in [2.45, 2.75) is 6.92 Å². The van der Waals surface area contributed by atoms with Crippen LogP contribution in [0, 0.1) is 18.6 Å². The van der Waals surface area contributed by atoms with Crippen LogP contribution in [0.1, 0.15) is 11.1 Å². The topological polar surface area (TPSA) is 65.1 Å². The van der Waals surface area contributed by atoms with Gasteiger partial charge in [-0.15, -0.1) is 0 Å². The molecule has 0 fully saturated rings. The molecule has 0 saturated heterocycles. The van der Waals surface area contributed by atoms with Gasteiger partial charge in [-0.2, -0.15) is 5.10 Å². The molecule has 0 bridgehead atoms. The molecule has 0 amide bonds. The number of hydrogen-bond acceptors (Lipinski definition) is 4. The number of aliphatic imine (C=N–C) groups is 1. The molecule has 0 aliphatic carbocycles. The van der Waals surface area contributed by atoms with Gasteiger partial charge in [0, 0.05) is 23.5 Å². The summed E-state index contributed by atoms with van der Waals surface area (Å²) in [7, 11) is 0. The van der Waals surface area contributed by atoms with Crippen molar-refractivity contribution in [1.29, 1.82) is 0 Å². The van der Waals surface area contributed by atoms with Gasteiger partial charge < -0.3 is 10.6 Å². The fraction of sp³-hybridized carbons (Fsp3) is 0.158. The molecule has 138 valence electrons. The second kappa shape index (κ2) is 6.79. The number of hydrogen-bond donors (Lipinski definition) is 3. The van der Waals surface area contributed by atoms with Crippen LogP contribution in [0.3, 0.4) is 0 Å². The Morgan fingerprint density at radius 2 is 1.89 bits per heavy atom. The molecule has 0 radical (unpaired) electrons. The SMILES string of the molecule is Cc1ccc2c(c1)-c1[nH]ncc1N=C(c1c(F)cc(NCCF)cc1F)N2. The third kappa shape index (κ3) is 3.14. The van der Waals surface area contributed by atoms with Crippen molar-refractivity contribution in [3.8, 4) is 11.3 Å². The zero-order chi connectivity index (χ0) is 19.0. The molecule has 0 atom stereocenters. The molecule has 2 aromatic carbocycles. The van der Waals surface area contributed by atoms with E-state index in [1.54, 1.807) is 0 Å². The van der Waals surface area contributed by atoms with E-state index < -0.39 is 18.3 Å². The maximum Gasteiger partial charge on any atom is 0.144 e. The highest BCUT2D eigenvalue weighted by atomic mass is 19.1. The number of rotatable bonds is 4. The molecule has 3 N–H and O–H groups in total. The van der Waals surface area contributed by atoms with Gasteiger partial charge in [0.25, 0.3) is 0 Å². The molecule has 1 aliphatic heterocycles. The number of alkyl halides is 1. The van der Waals surface area contributed by atoms with Crippen LogP contribution in [-0.2, 0) is 0 Å². The van der Waals surface area contributed by atoms with Crippen molar-refractivity contribution >= 4 is 22.9 Å². The summed E-state index contributed by atoms with van der Waals surface area (Å²) in [5, 5.41) is 12.5. The highest BCUT2D eigenvalue weighted by Crippen LogP contribution is 2.37. The van der Waals surface area contributed by atoms with Gasteiger partial charge in [-0.05, 0) is 31.2 Å². The number of amidine groups is 1. The highest BCUT2D eigenvalue weighted by Gasteiger charge is 2.23. The summed E-state index contributed by atoms with van der Waals surface area (Å²) in [6.07, 6.45) is 1.50. The first-order chi connectivity index (χ1) is 13.1. The minimum Gasteiger partial charge on any atom is -0.382 e. The van der Waals surface area contributed by atoms with Crippen molar-refractivity contribution in [3.05, 3.63) is 59.3 Å². The van der Waals surface area contributed by atoms with Crippen molar-refractivity contribution in [2.24, 2.45) is 4.99 Å². The molecule has 4 rings (SSSR count). The maximum absolute atomic E-state index is 14.7. The molecule has 5 nitrogen and oxygen atoms in total. The van der Waals surface area contributed by atoms with E-state index in [4.69, 9.17) is 0 Å². The molecule has 1 aliphatic rings. The Bertz CT molecular complexity index is 1020. The van der Waals surface area contributed by atoms with Gasteiger partial charge in [0.1, 0.15) is 29.8 Å². The van der Waals surface area contributed by atoms with E-state index in [9.17, 15) is 13.2 Å². The molecule has 2 heterocycles. The number of aryl methyl sites for hydroxylation is 1.